The normalized spacial score (nSPS) is 30.1. The van der Waals surface area contributed by atoms with Crippen LogP contribution in [-0.4, -0.2) is 60.4 Å². The maximum atomic E-state index is 13.9. The minimum Gasteiger partial charge on any atom is -0.376 e. The lowest BCUT2D eigenvalue weighted by molar-refractivity contribution is -0.223. The van der Waals surface area contributed by atoms with E-state index in [-0.39, 0.29) is 18.4 Å². The van der Waals surface area contributed by atoms with Gasteiger partial charge in [0.15, 0.2) is 12.1 Å². The van der Waals surface area contributed by atoms with Gasteiger partial charge in [0.1, 0.15) is 18.3 Å². The van der Waals surface area contributed by atoms with Gasteiger partial charge in [0, 0.05) is 13.7 Å². The standard InChI is InChI=1S/C27H32N2O6/c1-16-11-17(2)13-19(12-16)29-21(30)14-20(28(26(29)31)15-18-9-7-6-8-10-18)22-23(32-5)24-25(33-22)35-27(3,4)34-24/h6-13,20,22-25H,14-15H2,1-5H3/t20-,22+,23-,24+,25+/m0/s1. The Balaban J connectivity index is 1.50. The fourth-order valence-corrected chi connectivity index (χ4v) is 5.43. The van der Waals surface area contributed by atoms with E-state index in [0.29, 0.717) is 12.2 Å². The predicted octanol–water partition coefficient (Wildman–Crippen LogP) is 3.92. The quantitative estimate of drug-likeness (QED) is 0.646. The molecule has 3 amide bonds. The summed E-state index contributed by atoms with van der Waals surface area (Å²) in [6.07, 6.45) is -2.04. The monoisotopic (exact) mass is 480 g/mol. The summed E-state index contributed by atoms with van der Waals surface area (Å²) in [6.45, 7) is 7.89. The van der Waals surface area contributed by atoms with Gasteiger partial charge in [0.2, 0.25) is 5.91 Å². The van der Waals surface area contributed by atoms with Crippen LogP contribution in [-0.2, 0) is 30.3 Å². The fraction of sp³-hybridized carbons (Fsp3) is 0.481. The summed E-state index contributed by atoms with van der Waals surface area (Å²) in [7, 11) is 1.59. The van der Waals surface area contributed by atoms with Crippen LogP contribution in [0, 0.1) is 13.8 Å². The van der Waals surface area contributed by atoms with E-state index < -0.39 is 36.4 Å². The topological polar surface area (TPSA) is 77.5 Å². The summed E-state index contributed by atoms with van der Waals surface area (Å²) in [5, 5.41) is 0. The molecule has 0 N–H and O–H groups in total. The lowest BCUT2D eigenvalue weighted by atomic mass is 9.95. The average Bonchev–Trinajstić information content (AvgIpc) is 3.26. The zero-order chi connectivity index (χ0) is 24.9. The molecule has 5 rings (SSSR count). The molecule has 2 aromatic rings. The molecular formula is C27H32N2O6. The van der Waals surface area contributed by atoms with Gasteiger partial charge in [-0.05, 0) is 56.5 Å². The number of anilines is 1. The van der Waals surface area contributed by atoms with Crippen molar-refractivity contribution in [3.8, 4) is 0 Å². The van der Waals surface area contributed by atoms with E-state index in [1.807, 2.05) is 76.2 Å². The molecule has 3 aliphatic rings. The van der Waals surface area contributed by atoms with Crippen LogP contribution in [0.15, 0.2) is 48.5 Å². The van der Waals surface area contributed by atoms with E-state index in [4.69, 9.17) is 18.9 Å². The van der Waals surface area contributed by atoms with Gasteiger partial charge in [-0.1, -0.05) is 36.4 Å². The van der Waals surface area contributed by atoms with Crippen molar-refractivity contribution in [3.05, 3.63) is 65.2 Å². The highest BCUT2D eigenvalue weighted by Crippen LogP contribution is 2.42. The van der Waals surface area contributed by atoms with E-state index in [9.17, 15) is 9.59 Å². The number of urea groups is 1. The van der Waals surface area contributed by atoms with Crippen LogP contribution in [0.3, 0.4) is 0 Å². The van der Waals surface area contributed by atoms with E-state index in [1.54, 1.807) is 12.0 Å². The van der Waals surface area contributed by atoms with Crippen LogP contribution in [0.1, 0.15) is 37.0 Å². The van der Waals surface area contributed by atoms with Gasteiger partial charge in [0.25, 0.3) is 0 Å². The van der Waals surface area contributed by atoms with Crippen molar-refractivity contribution in [2.75, 3.05) is 12.0 Å². The van der Waals surface area contributed by atoms with Crippen LogP contribution in [0.2, 0.25) is 0 Å². The predicted molar refractivity (Wildman–Crippen MR) is 129 cm³/mol. The fourth-order valence-electron chi connectivity index (χ4n) is 5.43. The molecule has 0 bridgehead atoms. The minimum absolute atomic E-state index is 0.0962. The van der Waals surface area contributed by atoms with Crippen LogP contribution in [0.4, 0.5) is 10.5 Å². The lowest BCUT2D eigenvalue weighted by Gasteiger charge is -2.43. The number of ether oxygens (including phenoxy) is 4. The van der Waals surface area contributed by atoms with E-state index in [0.717, 1.165) is 16.7 Å². The lowest BCUT2D eigenvalue weighted by Crippen LogP contribution is -2.62. The Morgan fingerprint density at radius 1 is 1.00 bits per heavy atom. The second kappa shape index (κ2) is 9.02. The van der Waals surface area contributed by atoms with Crippen molar-refractivity contribution in [3.63, 3.8) is 0 Å². The first-order valence-corrected chi connectivity index (χ1v) is 12.0. The minimum atomic E-state index is -0.793. The maximum absolute atomic E-state index is 13.9. The van der Waals surface area contributed by atoms with Crippen LogP contribution in [0.25, 0.3) is 0 Å². The SMILES string of the molecule is CO[C@@H]1[C@H]2OC(C)(C)O[C@H]2O[C@@H]1[C@@H]1CC(=O)N(c2cc(C)cc(C)c2)C(=O)N1Cc1ccccc1. The Bertz CT molecular complexity index is 1100. The summed E-state index contributed by atoms with van der Waals surface area (Å²) in [6, 6.07) is 14.6. The first kappa shape index (κ1) is 23.9. The largest absolute Gasteiger partial charge is 0.376 e. The van der Waals surface area contributed by atoms with Crippen molar-refractivity contribution in [1.29, 1.82) is 0 Å². The maximum Gasteiger partial charge on any atom is 0.332 e. The van der Waals surface area contributed by atoms with Crippen LogP contribution >= 0.6 is 0 Å². The summed E-state index contributed by atoms with van der Waals surface area (Å²) in [5.41, 5.74) is 3.51. The Morgan fingerprint density at radius 2 is 1.69 bits per heavy atom. The zero-order valence-electron chi connectivity index (χ0n) is 20.8. The number of carbonyl (C=O) groups excluding carboxylic acids is 2. The number of hydrogen-bond acceptors (Lipinski definition) is 6. The number of fused-ring (bicyclic) bond motifs is 1. The van der Waals surface area contributed by atoms with E-state index >= 15 is 0 Å². The number of hydrogen-bond donors (Lipinski definition) is 0. The Morgan fingerprint density at radius 3 is 2.34 bits per heavy atom. The molecule has 0 unspecified atom stereocenters. The third-order valence-corrected chi connectivity index (χ3v) is 6.81. The van der Waals surface area contributed by atoms with E-state index in [2.05, 4.69) is 0 Å². The number of benzene rings is 2. The molecule has 0 aromatic heterocycles. The number of aryl methyl sites for hydroxylation is 2. The third-order valence-electron chi connectivity index (χ3n) is 6.81. The Labute approximate surface area is 205 Å². The Hall–Kier alpha value is -2.78. The van der Waals surface area contributed by atoms with Gasteiger partial charge in [-0.2, -0.15) is 0 Å². The van der Waals surface area contributed by atoms with E-state index in [1.165, 1.54) is 4.90 Å². The number of nitrogens with zero attached hydrogens (tertiary/aromatic N) is 2. The highest BCUT2D eigenvalue weighted by Gasteiger charge is 2.59. The van der Waals surface area contributed by atoms with Gasteiger partial charge in [-0.25, -0.2) is 9.69 Å². The Kier molecular flexibility index (Phi) is 6.17. The third kappa shape index (κ3) is 4.47. The van der Waals surface area contributed by atoms with Crippen molar-refractivity contribution < 1.29 is 28.5 Å². The molecule has 3 fully saturated rings. The summed E-state index contributed by atoms with van der Waals surface area (Å²) in [5.74, 6) is -1.06. The second-order valence-electron chi connectivity index (χ2n) is 10.0. The molecule has 5 atom stereocenters. The first-order valence-electron chi connectivity index (χ1n) is 12.0. The molecular weight excluding hydrogens is 448 g/mol. The zero-order valence-corrected chi connectivity index (χ0v) is 20.8. The second-order valence-corrected chi connectivity index (χ2v) is 10.0. The van der Waals surface area contributed by atoms with Gasteiger partial charge in [-0.3, -0.25) is 4.79 Å². The number of amides is 3. The molecule has 2 aromatic carbocycles. The molecule has 0 spiro atoms. The average molecular weight is 481 g/mol. The van der Waals surface area contributed by atoms with Gasteiger partial charge in [-0.15, -0.1) is 0 Å². The van der Waals surface area contributed by atoms with Crippen molar-refractivity contribution >= 4 is 17.6 Å². The molecule has 3 heterocycles. The first-order chi connectivity index (χ1) is 16.7. The van der Waals surface area contributed by atoms with Crippen molar-refractivity contribution in [1.82, 2.24) is 4.90 Å². The molecule has 3 aliphatic heterocycles. The number of methoxy groups -OCH3 is 1. The van der Waals surface area contributed by atoms with Crippen LogP contribution in [0.5, 0.6) is 0 Å². The van der Waals surface area contributed by atoms with Gasteiger partial charge < -0.3 is 23.8 Å². The molecule has 35 heavy (non-hydrogen) atoms. The smallest absolute Gasteiger partial charge is 0.332 e. The molecule has 8 nitrogen and oxygen atoms in total. The number of imide groups is 1. The number of carbonyl (C=O) groups is 2. The molecule has 0 saturated carbocycles. The summed E-state index contributed by atoms with van der Waals surface area (Å²) < 4.78 is 24.1. The molecule has 0 radical (unpaired) electrons. The molecule has 3 saturated heterocycles. The van der Waals surface area contributed by atoms with Gasteiger partial charge >= 0.3 is 6.03 Å². The summed E-state index contributed by atoms with van der Waals surface area (Å²) in [4.78, 5) is 30.4. The molecule has 8 heteroatoms. The highest BCUT2D eigenvalue weighted by molar-refractivity contribution is 6.16. The van der Waals surface area contributed by atoms with Crippen LogP contribution < -0.4 is 4.90 Å². The van der Waals surface area contributed by atoms with Crippen molar-refractivity contribution in [2.24, 2.45) is 0 Å². The summed E-state index contributed by atoms with van der Waals surface area (Å²) >= 11 is 0. The van der Waals surface area contributed by atoms with Crippen molar-refractivity contribution in [2.45, 2.75) is 77.1 Å². The molecule has 186 valence electrons. The molecule has 0 aliphatic carbocycles. The highest BCUT2D eigenvalue weighted by atomic mass is 16.8. The van der Waals surface area contributed by atoms with Gasteiger partial charge in [0.05, 0.1) is 18.2 Å². The number of rotatable bonds is 5.